The van der Waals surface area contributed by atoms with Gasteiger partial charge in [-0.3, -0.25) is 9.59 Å². The molecule has 19 heavy (non-hydrogen) atoms. The molecule has 7 heteroatoms. The van der Waals surface area contributed by atoms with Gasteiger partial charge in [-0.1, -0.05) is 0 Å². The smallest absolute Gasteiger partial charge is 0.227 e. The van der Waals surface area contributed by atoms with Crippen LogP contribution in [0.3, 0.4) is 0 Å². The first-order chi connectivity index (χ1) is 8.76. The number of carbonyl (C=O) groups excluding carboxylic acids is 2. The second-order valence-corrected chi connectivity index (χ2v) is 6.75. The molecule has 0 aliphatic rings. The van der Waals surface area contributed by atoms with E-state index in [9.17, 15) is 9.59 Å². The fourth-order valence-corrected chi connectivity index (χ4v) is 2.84. The highest BCUT2D eigenvalue weighted by atomic mass is 32.1. The normalized spacial score (nSPS) is 11.2. The highest BCUT2D eigenvalue weighted by Gasteiger charge is 2.27. The van der Waals surface area contributed by atoms with Gasteiger partial charge in [-0.25, -0.2) is 0 Å². The number of hydrogen-bond acceptors (Lipinski definition) is 4. The van der Waals surface area contributed by atoms with Gasteiger partial charge in [0.25, 0.3) is 0 Å². The van der Waals surface area contributed by atoms with E-state index in [-0.39, 0.29) is 18.2 Å². The molecule has 1 rings (SSSR count). The lowest BCUT2D eigenvalue weighted by Crippen LogP contribution is -2.44. The number of H-pyrrole nitrogens is 1. The number of aromatic amines is 1. The summed E-state index contributed by atoms with van der Waals surface area (Å²) in [6.45, 7) is 5.78. The van der Waals surface area contributed by atoms with Crippen LogP contribution in [-0.4, -0.2) is 30.4 Å². The van der Waals surface area contributed by atoms with Gasteiger partial charge in [0.2, 0.25) is 11.8 Å². The zero-order valence-corrected chi connectivity index (χ0v) is 13.2. The third-order valence-corrected chi connectivity index (χ3v) is 4.15. The van der Waals surface area contributed by atoms with Crippen LogP contribution in [0.1, 0.15) is 24.4 Å². The van der Waals surface area contributed by atoms with Gasteiger partial charge in [-0.15, -0.1) is 11.3 Å². The first-order valence-corrected chi connectivity index (χ1v) is 7.16. The summed E-state index contributed by atoms with van der Waals surface area (Å²) in [7, 11) is 1.59. The predicted molar refractivity (Wildman–Crippen MR) is 78.8 cm³/mol. The van der Waals surface area contributed by atoms with E-state index in [4.69, 9.17) is 12.2 Å². The van der Waals surface area contributed by atoms with Crippen molar-refractivity contribution in [1.29, 1.82) is 0 Å². The monoisotopic (exact) mass is 301 g/mol. The quantitative estimate of drug-likeness (QED) is 0.722. The average molecular weight is 301 g/mol. The zero-order valence-electron chi connectivity index (χ0n) is 11.5. The van der Waals surface area contributed by atoms with E-state index in [1.807, 2.05) is 6.92 Å². The number of carbonyl (C=O) groups is 2. The van der Waals surface area contributed by atoms with Crippen molar-refractivity contribution in [3.05, 3.63) is 14.5 Å². The molecule has 0 saturated heterocycles. The molecule has 0 aliphatic carbocycles. The highest BCUT2D eigenvalue weighted by Crippen LogP contribution is 2.16. The molecular formula is C12H19N3O2S2. The fourth-order valence-electron chi connectivity index (χ4n) is 1.55. The number of hydrogen-bond donors (Lipinski definition) is 3. The van der Waals surface area contributed by atoms with Crippen molar-refractivity contribution in [3.8, 4) is 0 Å². The van der Waals surface area contributed by atoms with Crippen molar-refractivity contribution < 1.29 is 9.59 Å². The molecule has 0 bridgehead atoms. The lowest BCUT2D eigenvalue weighted by Gasteiger charge is -2.22. The Morgan fingerprint density at radius 2 is 2.05 bits per heavy atom. The first kappa shape index (κ1) is 15.8. The minimum Gasteiger partial charge on any atom is -0.359 e. The van der Waals surface area contributed by atoms with Crippen molar-refractivity contribution in [1.82, 2.24) is 15.6 Å². The van der Waals surface area contributed by atoms with Crippen LogP contribution in [0.4, 0.5) is 0 Å². The summed E-state index contributed by atoms with van der Waals surface area (Å²) in [5.41, 5.74) is 0.306. The van der Waals surface area contributed by atoms with Crippen molar-refractivity contribution >= 4 is 35.4 Å². The van der Waals surface area contributed by atoms with E-state index in [0.29, 0.717) is 10.5 Å². The van der Waals surface area contributed by atoms with Gasteiger partial charge in [0.05, 0.1) is 11.8 Å². The second kappa shape index (κ2) is 6.29. The molecule has 5 nitrogen and oxygen atoms in total. The number of rotatable bonds is 5. The molecule has 1 aromatic rings. The molecule has 3 N–H and O–H groups in total. The van der Waals surface area contributed by atoms with Gasteiger partial charge < -0.3 is 15.6 Å². The van der Waals surface area contributed by atoms with Crippen LogP contribution < -0.4 is 10.6 Å². The van der Waals surface area contributed by atoms with E-state index < -0.39 is 5.41 Å². The Labute approximate surface area is 121 Å². The summed E-state index contributed by atoms with van der Waals surface area (Å²) < 4.78 is 0.672. The van der Waals surface area contributed by atoms with Gasteiger partial charge in [-0.2, -0.15) is 0 Å². The molecule has 0 radical (unpaired) electrons. The van der Waals surface area contributed by atoms with E-state index in [0.717, 1.165) is 10.6 Å². The molecule has 0 saturated carbocycles. The predicted octanol–water partition coefficient (Wildman–Crippen LogP) is 1.55. The molecule has 106 valence electrons. The Morgan fingerprint density at radius 1 is 1.42 bits per heavy atom. The summed E-state index contributed by atoms with van der Waals surface area (Å²) in [6.07, 6.45) is 0.285. The Bertz CT molecular complexity index is 531. The molecular weight excluding hydrogens is 282 g/mol. The number of thiazole rings is 1. The summed E-state index contributed by atoms with van der Waals surface area (Å²) in [4.78, 5) is 27.4. The van der Waals surface area contributed by atoms with Crippen LogP contribution in [0, 0.1) is 16.3 Å². The standard InChI is InChI=1S/C12H19N3O2S2/c1-7-8(19-11(18)15-7)5-9(16)14-6-12(2,3)10(17)13-4/h5-6H2,1-4H3,(H,13,17)(H,14,16)(H,15,18). The first-order valence-electron chi connectivity index (χ1n) is 5.93. The molecule has 1 aromatic heterocycles. The van der Waals surface area contributed by atoms with Crippen LogP contribution in [0.2, 0.25) is 0 Å². The molecule has 0 fully saturated rings. The van der Waals surface area contributed by atoms with E-state index >= 15 is 0 Å². The maximum atomic E-state index is 11.8. The maximum absolute atomic E-state index is 11.8. The molecule has 0 aromatic carbocycles. The highest BCUT2D eigenvalue weighted by molar-refractivity contribution is 7.73. The minimum atomic E-state index is -0.621. The Balaban J connectivity index is 2.55. The third kappa shape index (κ3) is 4.43. The van der Waals surface area contributed by atoms with Gasteiger partial charge in [0.1, 0.15) is 0 Å². The fraction of sp³-hybridized carbons (Fsp3) is 0.583. The van der Waals surface area contributed by atoms with Gasteiger partial charge in [-0.05, 0) is 33.0 Å². The molecule has 2 amide bonds. The largest absolute Gasteiger partial charge is 0.359 e. The minimum absolute atomic E-state index is 0.0960. The average Bonchev–Trinajstić information content (AvgIpc) is 2.64. The van der Waals surface area contributed by atoms with Gasteiger partial charge in [0.15, 0.2) is 3.95 Å². The second-order valence-electron chi connectivity index (χ2n) is 4.98. The molecule has 1 heterocycles. The van der Waals surface area contributed by atoms with Crippen molar-refractivity contribution in [2.75, 3.05) is 13.6 Å². The molecule has 0 atom stereocenters. The Kier molecular flexibility index (Phi) is 5.25. The van der Waals surface area contributed by atoms with Gasteiger partial charge >= 0.3 is 0 Å². The number of amides is 2. The lowest BCUT2D eigenvalue weighted by atomic mass is 9.92. The number of aromatic nitrogens is 1. The van der Waals surface area contributed by atoms with Crippen LogP contribution in [-0.2, 0) is 16.0 Å². The molecule has 0 aliphatic heterocycles. The van der Waals surface area contributed by atoms with E-state index in [1.54, 1.807) is 20.9 Å². The van der Waals surface area contributed by atoms with Crippen LogP contribution in [0.5, 0.6) is 0 Å². The summed E-state index contributed by atoms with van der Waals surface area (Å²) in [5, 5.41) is 5.37. The zero-order chi connectivity index (χ0) is 14.6. The maximum Gasteiger partial charge on any atom is 0.227 e. The number of nitrogens with one attached hydrogen (secondary N) is 3. The van der Waals surface area contributed by atoms with E-state index in [2.05, 4.69) is 15.6 Å². The summed E-state index contributed by atoms with van der Waals surface area (Å²) in [5.74, 6) is -0.202. The SMILES string of the molecule is CNC(=O)C(C)(C)CNC(=O)Cc1sc(=S)[nH]c1C. The van der Waals surface area contributed by atoms with Crippen LogP contribution in [0.25, 0.3) is 0 Å². The topological polar surface area (TPSA) is 74.0 Å². The molecule has 0 unspecified atom stereocenters. The van der Waals surface area contributed by atoms with Crippen LogP contribution in [0.15, 0.2) is 0 Å². The summed E-state index contributed by atoms with van der Waals surface area (Å²) in [6, 6.07) is 0. The summed E-state index contributed by atoms with van der Waals surface area (Å²) >= 11 is 6.43. The van der Waals surface area contributed by atoms with Crippen molar-refractivity contribution in [2.45, 2.75) is 27.2 Å². The number of aryl methyl sites for hydroxylation is 1. The van der Waals surface area contributed by atoms with Crippen molar-refractivity contribution in [3.63, 3.8) is 0 Å². The third-order valence-electron chi connectivity index (χ3n) is 2.81. The van der Waals surface area contributed by atoms with Crippen LogP contribution >= 0.6 is 23.6 Å². The van der Waals surface area contributed by atoms with Gasteiger partial charge in [0, 0.05) is 24.2 Å². The lowest BCUT2D eigenvalue weighted by molar-refractivity contribution is -0.129. The Hall–Kier alpha value is -1.21. The van der Waals surface area contributed by atoms with E-state index in [1.165, 1.54) is 11.3 Å². The Morgan fingerprint density at radius 3 is 2.53 bits per heavy atom. The van der Waals surface area contributed by atoms with Crippen molar-refractivity contribution in [2.24, 2.45) is 5.41 Å². The molecule has 0 spiro atoms.